The highest BCUT2D eigenvalue weighted by atomic mass is 16.6. The minimum absolute atomic E-state index is 0.167. The number of rotatable bonds is 5. The number of likely N-dealkylation sites (N-methyl/N-ethyl adjacent to an activating group) is 1. The van der Waals surface area contributed by atoms with Crippen LogP contribution < -0.4 is 11.1 Å². The van der Waals surface area contributed by atoms with Crippen molar-refractivity contribution in [3.8, 4) is 0 Å². The van der Waals surface area contributed by atoms with Gasteiger partial charge in [0.25, 0.3) is 5.91 Å². The number of primary amides is 1. The second kappa shape index (κ2) is 8.32. The van der Waals surface area contributed by atoms with Crippen molar-refractivity contribution in [2.24, 2.45) is 11.7 Å². The van der Waals surface area contributed by atoms with Crippen molar-refractivity contribution in [1.82, 2.24) is 10.2 Å². The first-order valence-electron chi connectivity index (χ1n) is 8.58. The van der Waals surface area contributed by atoms with Gasteiger partial charge in [-0.15, -0.1) is 0 Å². The quantitative estimate of drug-likeness (QED) is 0.671. The Labute approximate surface area is 141 Å². The molecule has 0 radical (unpaired) electrons. The Hall–Kier alpha value is -1.83. The van der Waals surface area contributed by atoms with Crippen LogP contribution in [0.5, 0.6) is 0 Å². The molecule has 3 amide bonds. The maximum Gasteiger partial charge on any atom is 0.405 e. The zero-order valence-electron chi connectivity index (χ0n) is 14.1. The lowest BCUT2D eigenvalue weighted by atomic mass is 9.85. The first kappa shape index (κ1) is 18.5. The second-order valence-corrected chi connectivity index (χ2v) is 6.74. The Kier molecular flexibility index (Phi) is 6.42. The van der Waals surface area contributed by atoms with Crippen LogP contribution >= 0.6 is 0 Å². The molecule has 2 aliphatic rings. The molecule has 4 N–H and O–H groups in total. The van der Waals surface area contributed by atoms with Crippen molar-refractivity contribution in [3.05, 3.63) is 0 Å². The van der Waals surface area contributed by atoms with Gasteiger partial charge in [-0.1, -0.05) is 32.1 Å². The van der Waals surface area contributed by atoms with Crippen molar-refractivity contribution in [1.29, 1.82) is 0 Å². The lowest BCUT2D eigenvalue weighted by Crippen LogP contribution is -2.57. The number of hydrogen-bond acceptors (Lipinski definition) is 5. The van der Waals surface area contributed by atoms with Crippen molar-refractivity contribution >= 4 is 17.9 Å². The predicted octanol–water partition coefficient (Wildman–Crippen LogP) is 0.476. The molecule has 0 aromatic carbocycles. The number of hydrogen-bond donors (Lipinski definition) is 3. The molecule has 24 heavy (non-hydrogen) atoms. The smallest absolute Gasteiger partial charge is 0.405 e. The van der Waals surface area contributed by atoms with E-state index in [0.29, 0.717) is 18.8 Å². The number of nitrogens with zero attached hydrogens (tertiary/aromatic N) is 1. The van der Waals surface area contributed by atoms with Gasteiger partial charge in [-0.25, -0.2) is 4.79 Å². The third kappa shape index (κ3) is 4.83. The summed E-state index contributed by atoms with van der Waals surface area (Å²) in [4.78, 5) is 36.4. The first-order chi connectivity index (χ1) is 11.4. The summed E-state index contributed by atoms with van der Waals surface area (Å²) in [6.07, 6.45) is 3.45. The van der Waals surface area contributed by atoms with E-state index in [9.17, 15) is 19.5 Å². The van der Waals surface area contributed by atoms with Crippen molar-refractivity contribution in [2.75, 3.05) is 7.05 Å². The molecule has 0 aromatic heterocycles. The Morgan fingerprint density at radius 3 is 2.62 bits per heavy atom. The highest BCUT2D eigenvalue weighted by molar-refractivity contribution is 5.84. The predicted molar refractivity (Wildman–Crippen MR) is 85.6 cm³/mol. The van der Waals surface area contributed by atoms with Crippen molar-refractivity contribution in [3.63, 3.8) is 0 Å². The summed E-state index contributed by atoms with van der Waals surface area (Å²) in [5, 5.41) is 12.8. The SMILES string of the molecule is CN1C(=O)CCC(NC(=O)[C@H](CC2CCCCC2)OC(N)=O)C1O. The number of ether oxygens (including phenoxy) is 1. The molecule has 1 heterocycles. The Morgan fingerprint density at radius 2 is 2.00 bits per heavy atom. The maximum absolute atomic E-state index is 12.5. The van der Waals surface area contributed by atoms with Crippen LogP contribution in [-0.4, -0.2) is 53.3 Å². The van der Waals surface area contributed by atoms with Gasteiger partial charge in [0.15, 0.2) is 6.10 Å². The number of aliphatic hydroxyl groups excluding tert-OH is 1. The molecule has 2 rings (SSSR count). The van der Waals surface area contributed by atoms with E-state index in [1.165, 1.54) is 18.4 Å². The number of carbonyl (C=O) groups is 3. The topological polar surface area (TPSA) is 122 Å². The van der Waals surface area contributed by atoms with Crippen LogP contribution in [0.25, 0.3) is 0 Å². The highest BCUT2D eigenvalue weighted by Gasteiger charge is 2.35. The molecule has 8 nitrogen and oxygen atoms in total. The zero-order valence-corrected chi connectivity index (χ0v) is 14.1. The Morgan fingerprint density at radius 1 is 1.33 bits per heavy atom. The second-order valence-electron chi connectivity index (χ2n) is 6.74. The molecule has 8 heteroatoms. The van der Waals surface area contributed by atoms with Gasteiger partial charge in [0.1, 0.15) is 6.23 Å². The summed E-state index contributed by atoms with van der Waals surface area (Å²) in [7, 11) is 1.49. The molecule has 2 fully saturated rings. The molecule has 136 valence electrons. The monoisotopic (exact) mass is 341 g/mol. The van der Waals surface area contributed by atoms with E-state index in [2.05, 4.69) is 5.32 Å². The number of amides is 3. The van der Waals surface area contributed by atoms with Gasteiger partial charge in [0.05, 0.1) is 6.04 Å². The average Bonchev–Trinajstić information content (AvgIpc) is 2.55. The standard InChI is InChI=1S/C16H27N3O5/c1-19-13(20)8-7-11(15(19)22)18-14(21)12(24-16(17)23)9-10-5-3-2-4-6-10/h10-12,15,22H,2-9H2,1H3,(H2,17,23)(H,18,21)/t11?,12-,15?/m0/s1. The van der Waals surface area contributed by atoms with Gasteiger partial charge in [-0.05, 0) is 18.8 Å². The summed E-state index contributed by atoms with van der Waals surface area (Å²) in [5.74, 6) is -0.305. The van der Waals surface area contributed by atoms with E-state index < -0.39 is 30.4 Å². The number of nitrogens with one attached hydrogen (secondary N) is 1. The van der Waals surface area contributed by atoms with E-state index in [-0.39, 0.29) is 12.3 Å². The number of aliphatic hydroxyl groups is 1. The number of piperidine rings is 1. The van der Waals surface area contributed by atoms with Gasteiger partial charge in [-0.2, -0.15) is 0 Å². The largest absolute Gasteiger partial charge is 0.436 e. The molecular formula is C16H27N3O5. The van der Waals surface area contributed by atoms with E-state index >= 15 is 0 Å². The van der Waals surface area contributed by atoms with Gasteiger partial charge in [-0.3, -0.25) is 9.59 Å². The average molecular weight is 341 g/mol. The van der Waals surface area contributed by atoms with Crippen LogP contribution in [0, 0.1) is 5.92 Å². The summed E-state index contributed by atoms with van der Waals surface area (Å²) >= 11 is 0. The van der Waals surface area contributed by atoms with E-state index in [1.54, 1.807) is 0 Å². The van der Waals surface area contributed by atoms with Crippen LogP contribution in [0.2, 0.25) is 0 Å². The first-order valence-corrected chi connectivity index (χ1v) is 8.58. The molecule has 2 unspecified atom stereocenters. The molecule has 0 aromatic rings. The van der Waals surface area contributed by atoms with E-state index in [1.807, 2.05) is 0 Å². The number of likely N-dealkylation sites (tertiary alicyclic amines) is 1. The fourth-order valence-electron chi connectivity index (χ4n) is 3.52. The van der Waals surface area contributed by atoms with Crippen LogP contribution in [-0.2, 0) is 14.3 Å². The fraction of sp³-hybridized carbons (Fsp3) is 0.812. The number of carbonyl (C=O) groups excluding carboxylic acids is 3. The van der Waals surface area contributed by atoms with Gasteiger partial charge < -0.3 is 25.8 Å². The third-order valence-electron chi connectivity index (χ3n) is 4.97. The van der Waals surface area contributed by atoms with Gasteiger partial charge >= 0.3 is 6.09 Å². The zero-order chi connectivity index (χ0) is 17.7. The van der Waals surface area contributed by atoms with Gasteiger partial charge in [0, 0.05) is 13.5 Å². The highest BCUT2D eigenvalue weighted by Crippen LogP contribution is 2.28. The van der Waals surface area contributed by atoms with Crippen LogP contribution in [0.3, 0.4) is 0 Å². The molecule has 0 spiro atoms. The van der Waals surface area contributed by atoms with Crippen LogP contribution in [0.15, 0.2) is 0 Å². The lowest BCUT2D eigenvalue weighted by Gasteiger charge is -2.36. The fourth-order valence-corrected chi connectivity index (χ4v) is 3.52. The summed E-state index contributed by atoms with van der Waals surface area (Å²) < 4.78 is 5.00. The van der Waals surface area contributed by atoms with Gasteiger partial charge in [0.2, 0.25) is 5.91 Å². The summed E-state index contributed by atoms with van der Waals surface area (Å²) in [6, 6.07) is -0.578. The Bertz CT molecular complexity index is 478. The molecule has 1 aliphatic carbocycles. The third-order valence-corrected chi connectivity index (χ3v) is 4.97. The van der Waals surface area contributed by atoms with Crippen LogP contribution in [0.1, 0.15) is 51.4 Å². The van der Waals surface area contributed by atoms with E-state index in [0.717, 1.165) is 25.7 Å². The molecule has 1 aliphatic heterocycles. The van der Waals surface area contributed by atoms with Crippen molar-refractivity contribution in [2.45, 2.75) is 69.7 Å². The summed E-state index contributed by atoms with van der Waals surface area (Å²) in [5.41, 5.74) is 5.09. The minimum atomic E-state index is -1.08. The lowest BCUT2D eigenvalue weighted by molar-refractivity contribution is -0.149. The van der Waals surface area contributed by atoms with E-state index in [4.69, 9.17) is 10.5 Å². The maximum atomic E-state index is 12.5. The Balaban J connectivity index is 1.96. The molecule has 0 bridgehead atoms. The molecule has 3 atom stereocenters. The van der Waals surface area contributed by atoms with Crippen molar-refractivity contribution < 1.29 is 24.2 Å². The molecule has 1 saturated carbocycles. The van der Waals surface area contributed by atoms with Crippen LogP contribution in [0.4, 0.5) is 4.79 Å². The molecular weight excluding hydrogens is 314 g/mol. The molecule has 1 saturated heterocycles. The minimum Gasteiger partial charge on any atom is -0.436 e. The summed E-state index contributed by atoms with van der Waals surface area (Å²) in [6.45, 7) is 0. The number of nitrogens with two attached hydrogens (primary N) is 1. The normalized spacial score (nSPS) is 26.8.